The summed E-state index contributed by atoms with van der Waals surface area (Å²) in [6.07, 6.45) is -4.47. The molecule has 0 atom stereocenters. The Balaban J connectivity index is 1.35. The molecule has 1 aliphatic rings. The van der Waals surface area contributed by atoms with Gasteiger partial charge >= 0.3 is 6.18 Å². The highest BCUT2D eigenvalue weighted by molar-refractivity contribution is 7.98. The van der Waals surface area contributed by atoms with E-state index in [9.17, 15) is 22.8 Å². The highest BCUT2D eigenvalue weighted by atomic mass is 32.2. The number of alkyl halides is 3. The number of thioether (sulfide) groups is 1. The molecule has 35 heavy (non-hydrogen) atoms. The molecule has 1 saturated heterocycles. The Hall–Kier alpha value is -3.27. The Kier molecular flexibility index (Phi) is 7.49. The lowest BCUT2D eigenvalue weighted by Crippen LogP contribution is -2.49. The van der Waals surface area contributed by atoms with Crippen LogP contribution in [0.3, 0.4) is 0 Å². The predicted octanol–water partition coefficient (Wildman–Crippen LogP) is 4.28. The number of hydrogen-bond donors (Lipinski definition) is 1. The second-order valence-corrected chi connectivity index (χ2v) is 9.27. The summed E-state index contributed by atoms with van der Waals surface area (Å²) in [6, 6.07) is 15.0. The van der Waals surface area contributed by atoms with Gasteiger partial charge < -0.3 is 14.8 Å². The van der Waals surface area contributed by atoms with Gasteiger partial charge in [-0.15, -0.1) is 0 Å². The number of piperazine rings is 1. The molecule has 4 rings (SSSR count). The average Bonchev–Trinajstić information content (AvgIpc) is 2.85. The average molecular weight is 503 g/mol. The lowest BCUT2D eigenvalue weighted by Gasteiger charge is -2.36. The maximum Gasteiger partial charge on any atom is 0.416 e. The van der Waals surface area contributed by atoms with Gasteiger partial charge in [0.05, 0.1) is 12.0 Å². The molecule has 1 aromatic heterocycles. The fraction of sp³-hybridized carbons (Fsp3) is 0.320. The molecule has 2 aromatic carbocycles. The zero-order valence-electron chi connectivity index (χ0n) is 19.1. The number of amides is 1. The van der Waals surface area contributed by atoms with Gasteiger partial charge in [0.15, 0.2) is 5.16 Å². The van der Waals surface area contributed by atoms with Gasteiger partial charge in [-0.2, -0.15) is 13.2 Å². The van der Waals surface area contributed by atoms with E-state index in [1.54, 1.807) is 17.9 Å². The van der Waals surface area contributed by atoms with Crippen LogP contribution in [0.5, 0.6) is 0 Å². The van der Waals surface area contributed by atoms with Gasteiger partial charge in [-0.05, 0) is 30.7 Å². The van der Waals surface area contributed by atoms with E-state index in [2.05, 4.69) is 9.97 Å². The first-order valence-electron chi connectivity index (χ1n) is 11.2. The number of hydrogen-bond acceptors (Lipinski definition) is 5. The van der Waals surface area contributed by atoms with Crippen molar-refractivity contribution in [3.05, 3.63) is 87.3 Å². The second kappa shape index (κ2) is 10.6. The molecule has 1 N–H and O–H groups in total. The molecule has 0 saturated carbocycles. The fourth-order valence-corrected chi connectivity index (χ4v) is 4.81. The summed E-state index contributed by atoms with van der Waals surface area (Å²) in [7, 11) is 0. The first kappa shape index (κ1) is 24.8. The van der Waals surface area contributed by atoms with Crippen molar-refractivity contribution in [2.75, 3.05) is 31.1 Å². The van der Waals surface area contributed by atoms with E-state index >= 15 is 0 Å². The van der Waals surface area contributed by atoms with Gasteiger partial charge in [-0.25, -0.2) is 4.98 Å². The van der Waals surface area contributed by atoms with E-state index < -0.39 is 11.7 Å². The van der Waals surface area contributed by atoms with Crippen molar-refractivity contribution in [2.45, 2.75) is 30.4 Å². The van der Waals surface area contributed by atoms with Gasteiger partial charge in [0.2, 0.25) is 5.91 Å². The van der Waals surface area contributed by atoms with Crippen molar-refractivity contribution >= 4 is 23.4 Å². The van der Waals surface area contributed by atoms with Crippen molar-refractivity contribution in [3.8, 4) is 0 Å². The van der Waals surface area contributed by atoms with Gasteiger partial charge in [0, 0.05) is 48.9 Å². The third kappa shape index (κ3) is 6.25. The number of nitrogens with one attached hydrogen (secondary N) is 1. The van der Waals surface area contributed by atoms with E-state index in [1.165, 1.54) is 17.8 Å². The van der Waals surface area contributed by atoms with E-state index in [0.717, 1.165) is 17.7 Å². The van der Waals surface area contributed by atoms with Crippen LogP contribution in [0.15, 0.2) is 64.5 Å². The molecule has 0 radical (unpaired) electrons. The molecule has 1 fully saturated rings. The Morgan fingerprint density at radius 2 is 1.77 bits per heavy atom. The Labute approximate surface area is 205 Å². The smallest absolute Gasteiger partial charge is 0.368 e. The Bertz CT molecular complexity index is 1240. The number of halogens is 3. The Morgan fingerprint density at radius 1 is 1.06 bits per heavy atom. The molecule has 184 valence electrons. The maximum atomic E-state index is 13.0. The molecular formula is C25H25F3N4O2S. The van der Waals surface area contributed by atoms with Crippen LogP contribution in [0.1, 0.15) is 22.4 Å². The summed E-state index contributed by atoms with van der Waals surface area (Å²) < 4.78 is 39.0. The summed E-state index contributed by atoms with van der Waals surface area (Å²) in [5.74, 6) is 0.464. The molecule has 6 nitrogen and oxygen atoms in total. The molecule has 10 heteroatoms. The summed E-state index contributed by atoms with van der Waals surface area (Å²) in [5, 5.41) is 0.502. The van der Waals surface area contributed by atoms with Crippen LogP contribution in [-0.2, 0) is 23.1 Å². The van der Waals surface area contributed by atoms with Gasteiger partial charge in [-0.3, -0.25) is 9.59 Å². The molecule has 0 unspecified atom stereocenters. The molecule has 0 bridgehead atoms. The second-order valence-electron chi connectivity index (χ2n) is 8.30. The van der Waals surface area contributed by atoms with Crippen LogP contribution in [0.25, 0.3) is 0 Å². The van der Waals surface area contributed by atoms with Gasteiger partial charge in [-0.1, -0.05) is 48.2 Å². The van der Waals surface area contributed by atoms with Crippen LogP contribution < -0.4 is 10.5 Å². The number of benzene rings is 2. The number of aromatic nitrogens is 2. The quantitative estimate of drug-likeness (QED) is 0.403. The zero-order valence-corrected chi connectivity index (χ0v) is 20.0. The number of carbonyl (C=O) groups excluding carboxylic acids is 1. The number of H-pyrrole nitrogens is 1. The van der Waals surface area contributed by atoms with Crippen LogP contribution in [-0.4, -0.2) is 47.0 Å². The normalized spacial score (nSPS) is 14.3. The van der Waals surface area contributed by atoms with E-state index in [-0.39, 0.29) is 17.9 Å². The lowest BCUT2D eigenvalue weighted by molar-refractivity contribution is -0.137. The van der Waals surface area contributed by atoms with E-state index in [0.29, 0.717) is 54.0 Å². The van der Waals surface area contributed by atoms with Crippen molar-refractivity contribution < 1.29 is 18.0 Å². The molecule has 2 heterocycles. The number of aryl methyl sites for hydroxylation is 1. The maximum absolute atomic E-state index is 13.0. The molecule has 0 aliphatic carbocycles. The first-order valence-corrected chi connectivity index (χ1v) is 12.2. The van der Waals surface area contributed by atoms with Crippen LogP contribution in [0.2, 0.25) is 0 Å². The number of rotatable bonds is 6. The topological polar surface area (TPSA) is 69.3 Å². The highest BCUT2D eigenvalue weighted by Crippen LogP contribution is 2.32. The van der Waals surface area contributed by atoms with E-state index in [4.69, 9.17) is 0 Å². The predicted molar refractivity (Wildman–Crippen MR) is 130 cm³/mol. The van der Waals surface area contributed by atoms with Crippen molar-refractivity contribution in [2.24, 2.45) is 0 Å². The van der Waals surface area contributed by atoms with Crippen LogP contribution in [0, 0.1) is 6.92 Å². The SMILES string of the molecule is Cc1nc(SCc2ccccc2)[nH]c(=O)c1CC(=O)N1CCN(c2cccc(C(F)(F)F)c2)CC1. The molecular weight excluding hydrogens is 477 g/mol. The van der Waals surface area contributed by atoms with Crippen LogP contribution >= 0.6 is 11.8 Å². The van der Waals surface area contributed by atoms with Crippen molar-refractivity contribution in [1.82, 2.24) is 14.9 Å². The third-order valence-electron chi connectivity index (χ3n) is 5.92. The van der Waals surface area contributed by atoms with Gasteiger partial charge in [0.25, 0.3) is 5.56 Å². The Morgan fingerprint density at radius 3 is 2.43 bits per heavy atom. The largest absolute Gasteiger partial charge is 0.416 e. The third-order valence-corrected chi connectivity index (χ3v) is 6.86. The molecule has 0 spiro atoms. The van der Waals surface area contributed by atoms with E-state index in [1.807, 2.05) is 35.2 Å². The molecule has 1 aliphatic heterocycles. The first-order chi connectivity index (χ1) is 16.7. The standard InChI is InChI=1S/C25H25F3N4O2S/c1-17-21(23(34)30-24(29-17)35-16-18-6-3-2-4-7-18)15-22(33)32-12-10-31(11-13-32)20-9-5-8-19(14-20)25(26,27)28/h2-9,14H,10-13,15-16H2,1H3,(H,29,30,34). The van der Waals surface area contributed by atoms with Gasteiger partial charge in [0.1, 0.15) is 0 Å². The summed E-state index contributed by atoms with van der Waals surface area (Å²) in [6.45, 7) is 3.27. The number of aromatic amines is 1. The summed E-state index contributed by atoms with van der Waals surface area (Å²) in [5.41, 5.74) is 1.41. The molecule has 3 aromatic rings. The fourth-order valence-electron chi connectivity index (χ4n) is 3.94. The minimum absolute atomic E-state index is 0.0681. The van der Waals surface area contributed by atoms with Crippen molar-refractivity contribution in [3.63, 3.8) is 0 Å². The minimum Gasteiger partial charge on any atom is -0.368 e. The number of carbonyl (C=O) groups is 1. The summed E-state index contributed by atoms with van der Waals surface area (Å²) in [4.78, 5) is 36.2. The minimum atomic E-state index is -4.40. The number of nitrogens with zero attached hydrogens (tertiary/aromatic N) is 3. The zero-order chi connectivity index (χ0) is 25.0. The molecule has 1 amide bonds. The number of anilines is 1. The highest BCUT2D eigenvalue weighted by Gasteiger charge is 2.31. The summed E-state index contributed by atoms with van der Waals surface area (Å²) >= 11 is 1.42. The van der Waals surface area contributed by atoms with Crippen LogP contribution in [0.4, 0.5) is 18.9 Å². The monoisotopic (exact) mass is 502 g/mol. The lowest BCUT2D eigenvalue weighted by atomic mass is 10.1. The van der Waals surface area contributed by atoms with Crippen molar-refractivity contribution in [1.29, 1.82) is 0 Å².